The molecule has 0 unspecified atom stereocenters. The van der Waals surface area contributed by atoms with Crippen molar-refractivity contribution in [2.24, 2.45) is 5.41 Å². The maximum Gasteiger partial charge on any atom is 0.203 e. The van der Waals surface area contributed by atoms with Gasteiger partial charge in [-0.05, 0) is 44.9 Å². The lowest BCUT2D eigenvalue weighted by Gasteiger charge is -2.34. The van der Waals surface area contributed by atoms with E-state index in [1.165, 1.54) is 25.7 Å². The fourth-order valence-electron chi connectivity index (χ4n) is 2.63. The van der Waals surface area contributed by atoms with Crippen LogP contribution in [0.1, 0.15) is 52.1 Å². The number of imidazole rings is 1. The van der Waals surface area contributed by atoms with Gasteiger partial charge < -0.3 is 9.88 Å². The van der Waals surface area contributed by atoms with Crippen molar-refractivity contribution in [2.75, 3.05) is 5.32 Å². The Kier molecular flexibility index (Phi) is 3.45. The fourth-order valence-corrected chi connectivity index (χ4v) is 2.63. The highest BCUT2D eigenvalue weighted by Gasteiger charge is 2.27. The molecule has 0 aromatic carbocycles. The van der Waals surface area contributed by atoms with Crippen molar-refractivity contribution < 1.29 is 0 Å². The van der Waals surface area contributed by atoms with Crippen molar-refractivity contribution in [3.63, 3.8) is 0 Å². The molecule has 1 N–H and O–H groups in total. The molecule has 0 spiro atoms. The van der Waals surface area contributed by atoms with E-state index < -0.39 is 0 Å². The minimum atomic E-state index is 0.536. The number of anilines is 1. The lowest BCUT2D eigenvalue weighted by Crippen LogP contribution is -2.30. The second-order valence-electron chi connectivity index (χ2n) is 6.07. The number of nitrogens with zero attached hydrogens (tertiary/aromatic N) is 2. The molecule has 3 nitrogen and oxygen atoms in total. The SMILES string of the molecule is CCn1cc(C)nc1NC1CCC(C)(C)CC1. The van der Waals surface area contributed by atoms with Gasteiger partial charge >= 0.3 is 0 Å². The van der Waals surface area contributed by atoms with Crippen LogP contribution in [0.2, 0.25) is 0 Å². The largest absolute Gasteiger partial charge is 0.353 e. The van der Waals surface area contributed by atoms with Gasteiger partial charge in [-0.25, -0.2) is 4.98 Å². The zero-order valence-electron chi connectivity index (χ0n) is 11.6. The third kappa shape index (κ3) is 3.02. The van der Waals surface area contributed by atoms with Crippen LogP contribution < -0.4 is 5.32 Å². The number of rotatable bonds is 3. The molecule has 17 heavy (non-hydrogen) atoms. The number of hydrogen-bond donors (Lipinski definition) is 1. The lowest BCUT2D eigenvalue weighted by molar-refractivity contribution is 0.232. The topological polar surface area (TPSA) is 29.9 Å². The summed E-state index contributed by atoms with van der Waals surface area (Å²) in [5, 5.41) is 3.61. The molecule has 1 aliphatic rings. The molecule has 0 atom stereocenters. The number of hydrogen-bond acceptors (Lipinski definition) is 2. The minimum absolute atomic E-state index is 0.536. The first-order valence-electron chi connectivity index (χ1n) is 6.80. The van der Waals surface area contributed by atoms with Crippen LogP contribution in [0.25, 0.3) is 0 Å². The van der Waals surface area contributed by atoms with Gasteiger partial charge in [-0.1, -0.05) is 13.8 Å². The van der Waals surface area contributed by atoms with E-state index in [4.69, 9.17) is 0 Å². The molecule has 0 amide bonds. The monoisotopic (exact) mass is 235 g/mol. The van der Waals surface area contributed by atoms with Gasteiger partial charge in [0.2, 0.25) is 5.95 Å². The van der Waals surface area contributed by atoms with E-state index in [-0.39, 0.29) is 0 Å². The number of nitrogens with one attached hydrogen (secondary N) is 1. The normalized spacial score (nSPS) is 20.5. The third-order valence-corrected chi connectivity index (χ3v) is 3.91. The molecular formula is C14H25N3. The van der Waals surface area contributed by atoms with Crippen LogP contribution in [0.5, 0.6) is 0 Å². The van der Waals surface area contributed by atoms with Crippen molar-refractivity contribution in [3.05, 3.63) is 11.9 Å². The summed E-state index contributed by atoms with van der Waals surface area (Å²) in [5.41, 5.74) is 1.64. The number of aryl methyl sites for hydroxylation is 2. The highest BCUT2D eigenvalue weighted by Crippen LogP contribution is 2.35. The Morgan fingerprint density at radius 2 is 2.06 bits per heavy atom. The quantitative estimate of drug-likeness (QED) is 0.867. The van der Waals surface area contributed by atoms with Gasteiger partial charge in [0.05, 0.1) is 5.69 Å². The van der Waals surface area contributed by atoms with Gasteiger partial charge in [-0.15, -0.1) is 0 Å². The summed E-state index contributed by atoms with van der Waals surface area (Å²) in [5.74, 6) is 1.05. The molecule has 1 aromatic heterocycles. The molecule has 96 valence electrons. The third-order valence-electron chi connectivity index (χ3n) is 3.91. The summed E-state index contributed by atoms with van der Waals surface area (Å²) in [7, 11) is 0. The molecule has 0 radical (unpaired) electrons. The fraction of sp³-hybridized carbons (Fsp3) is 0.786. The standard InChI is InChI=1S/C14H25N3/c1-5-17-10-11(2)15-13(17)16-12-6-8-14(3,4)9-7-12/h10,12H,5-9H2,1-4H3,(H,15,16). The molecule has 1 aromatic rings. The number of aromatic nitrogens is 2. The van der Waals surface area contributed by atoms with E-state index >= 15 is 0 Å². The van der Waals surface area contributed by atoms with Crippen LogP contribution in [0.4, 0.5) is 5.95 Å². The van der Waals surface area contributed by atoms with E-state index in [1.54, 1.807) is 0 Å². The van der Waals surface area contributed by atoms with Crippen molar-refractivity contribution in [3.8, 4) is 0 Å². The van der Waals surface area contributed by atoms with E-state index in [2.05, 4.69) is 48.8 Å². The van der Waals surface area contributed by atoms with E-state index in [0.717, 1.165) is 18.2 Å². The van der Waals surface area contributed by atoms with Crippen LogP contribution in [0.15, 0.2) is 6.20 Å². The maximum atomic E-state index is 4.56. The molecule has 1 heterocycles. The van der Waals surface area contributed by atoms with Gasteiger partial charge in [0.15, 0.2) is 0 Å². The Morgan fingerprint density at radius 3 is 2.65 bits per heavy atom. The Bertz CT molecular complexity index is 369. The average Bonchev–Trinajstić information content (AvgIpc) is 2.62. The zero-order chi connectivity index (χ0) is 12.5. The molecule has 1 saturated carbocycles. The molecular weight excluding hydrogens is 210 g/mol. The van der Waals surface area contributed by atoms with Crippen molar-refractivity contribution in [1.82, 2.24) is 9.55 Å². The predicted molar refractivity (Wildman–Crippen MR) is 72.3 cm³/mol. The Labute approximate surface area is 105 Å². The van der Waals surface area contributed by atoms with Crippen LogP contribution in [0.3, 0.4) is 0 Å². The summed E-state index contributed by atoms with van der Waals surface area (Å²) < 4.78 is 2.20. The second-order valence-corrected chi connectivity index (χ2v) is 6.07. The maximum absolute atomic E-state index is 4.56. The van der Waals surface area contributed by atoms with Crippen LogP contribution in [-0.4, -0.2) is 15.6 Å². The zero-order valence-corrected chi connectivity index (χ0v) is 11.6. The molecule has 0 aliphatic heterocycles. The Hall–Kier alpha value is -0.990. The molecule has 1 fully saturated rings. The molecule has 1 aliphatic carbocycles. The van der Waals surface area contributed by atoms with Crippen LogP contribution in [0, 0.1) is 12.3 Å². The van der Waals surface area contributed by atoms with Gasteiger partial charge in [-0.3, -0.25) is 0 Å². The molecule has 3 heteroatoms. The lowest BCUT2D eigenvalue weighted by atomic mass is 9.76. The van der Waals surface area contributed by atoms with Gasteiger partial charge in [-0.2, -0.15) is 0 Å². The molecule has 2 rings (SSSR count). The van der Waals surface area contributed by atoms with E-state index in [1.807, 2.05) is 0 Å². The van der Waals surface area contributed by atoms with Crippen molar-refractivity contribution >= 4 is 5.95 Å². The first kappa shape index (κ1) is 12.5. The summed E-state index contributed by atoms with van der Waals surface area (Å²) in [6.07, 6.45) is 7.29. The second kappa shape index (κ2) is 4.71. The summed E-state index contributed by atoms with van der Waals surface area (Å²) in [6.45, 7) is 9.96. The first-order valence-corrected chi connectivity index (χ1v) is 6.80. The summed E-state index contributed by atoms with van der Waals surface area (Å²) >= 11 is 0. The Morgan fingerprint density at radius 1 is 1.41 bits per heavy atom. The predicted octanol–water partition coefficient (Wildman–Crippen LogP) is 3.59. The smallest absolute Gasteiger partial charge is 0.203 e. The highest BCUT2D eigenvalue weighted by molar-refractivity contribution is 5.30. The average molecular weight is 235 g/mol. The minimum Gasteiger partial charge on any atom is -0.353 e. The molecule has 0 saturated heterocycles. The van der Waals surface area contributed by atoms with Crippen LogP contribution in [-0.2, 0) is 6.54 Å². The van der Waals surface area contributed by atoms with Crippen LogP contribution >= 0.6 is 0 Å². The van der Waals surface area contributed by atoms with E-state index in [0.29, 0.717) is 11.5 Å². The van der Waals surface area contributed by atoms with Crippen molar-refractivity contribution in [2.45, 2.75) is 66.0 Å². The van der Waals surface area contributed by atoms with Gasteiger partial charge in [0, 0.05) is 18.8 Å². The van der Waals surface area contributed by atoms with Crippen molar-refractivity contribution in [1.29, 1.82) is 0 Å². The van der Waals surface area contributed by atoms with Gasteiger partial charge in [0.25, 0.3) is 0 Å². The van der Waals surface area contributed by atoms with Gasteiger partial charge in [0.1, 0.15) is 0 Å². The molecule has 0 bridgehead atoms. The Balaban J connectivity index is 1.97. The summed E-state index contributed by atoms with van der Waals surface area (Å²) in [6, 6.07) is 0.607. The highest BCUT2D eigenvalue weighted by atomic mass is 15.2. The van der Waals surface area contributed by atoms with E-state index in [9.17, 15) is 0 Å². The summed E-state index contributed by atoms with van der Waals surface area (Å²) in [4.78, 5) is 4.56. The first-order chi connectivity index (χ1) is 8.00.